The summed E-state index contributed by atoms with van der Waals surface area (Å²) in [5.74, 6) is 0.167. The van der Waals surface area contributed by atoms with Crippen molar-refractivity contribution >= 4 is 23.6 Å². The Kier molecular flexibility index (Phi) is 6.43. The van der Waals surface area contributed by atoms with E-state index in [1.54, 1.807) is 31.2 Å². The summed E-state index contributed by atoms with van der Waals surface area (Å²) in [6.07, 6.45) is 3.83. The second kappa shape index (κ2) is 8.85. The van der Waals surface area contributed by atoms with E-state index in [0.717, 1.165) is 11.1 Å². The van der Waals surface area contributed by atoms with Gasteiger partial charge in [0.05, 0.1) is 17.3 Å². The molecule has 8 heteroatoms. The van der Waals surface area contributed by atoms with Gasteiger partial charge >= 0.3 is 6.61 Å². The molecule has 0 amide bonds. The van der Waals surface area contributed by atoms with E-state index >= 15 is 0 Å². The molecule has 1 atom stereocenters. The van der Waals surface area contributed by atoms with Gasteiger partial charge in [0.15, 0.2) is 11.5 Å². The molecule has 158 valence electrons. The van der Waals surface area contributed by atoms with Crippen molar-refractivity contribution in [3.05, 3.63) is 82.5 Å². The lowest BCUT2D eigenvalue weighted by molar-refractivity contribution is -0.0498. The Morgan fingerprint density at radius 3 is 2.60 bits per heavy atom. The van der Waals surface area contributed by atoms with Crippen LogP contribution >= 0.6 is 11.6 Å². The first kappa shape index (κ1) is 21.8. The molecule has 0 fully saturated rings. The van der Waals surface area contributed by atoms with Crippen molar-refractivity contribution in [3.8, 4) is 5.75 Å². The monoisotopic (exact) mass is 433 g/mol. The average Bonchev–Trinajstić information content (AvgIpc) is 2.94. The molecule has 1 unspecified atom stereocenters. The Morgan fingerprint density at radius 1 is 1.27 bits per heavy atom. The van der Waals surface area contributed by atoms with Crippen LogP contribution in [0.3, 0.4) is 0 Å². The van der Waals surface area contributed by atoms with Crippen molar-refractivity contribution in [2.24, 2.45) is 10.7 Å². The van der Waals surface area contributed by atoms with Crippen LogP contribution in [0, 0.1) is 0 Å². The van der Waals surface area contributed by atoms with Crippen molar-refractivity contribution in [1.29, 1.82) is 0 Å². The highest BCUT2D eigenvalue weighted by molar-refractivity contribution is 6.32. The van der Waals surface area contributed by atoms with Gasteiger partial charge in [-0.25, -0.2) is 4.99 Å². The summed E-state index contributed by atoms with van der Waals surface area (Å²) < 4.78 is 34.8. The molecule has 5 nitrogen and oxygen atoms in total. The molecule has 30 heavy (non-hydrogen) atoms. The van der Waals surface area contributed by atoms with E-state index in [-0.39, 0.29) is 16.7 Å². The molecule has 1 aliphatic rings. The first-order valence-corrected chi connectivity index (χ1v) is 9.46. The lowest BCUT2D eigenvalue weighted by Crippen LogP contribution is -2.32. The molecule has 0 aliphatic carbocycles. The van der Waals surface area contributed by atoms with Crippen LogP contribution in [0.4, 0.5) is 8.78 Å². The van der Waals surface area contributed by atoms with Gasteiger partial charge in [0.2, 0.25) is 0 Å². The third-order valence-electron chi connectivity index (χ3n) is 4.89. The molecule has 0 aromatic heterocycles. The van der Waals surface area contributed by atoms with Crippen molar-refractivity contribution in [1.82, 2.24) is 4.90 Å². The van der Waals surface area contributed by atoms with Gasteiger partial charge in [0.25, 0.3) is 0 Å². The van der Waals surface area contributed by atoms with Gasteiger partial charge in [-0.3, -0.25) is 0 Å². The number of aliphatic imine (C=N–C) groups is 1. The molecule has 0 saturated carbocycles. The molecule has 1 heterocycles. The van der Waals surface area contributed by atoms with Crippen molar-refractivity contribution in [2.45, 2.75) is 12.2 Å². The van der Waals surface area contributed by atoms with Gasteiger partial charge in [-0.15, -0.1) is 0 Å². The van der Waals surface area contributed by atoms with Gasteiger partial charge in [0, 0.05) is 14.2 Å². The molecule has 2 N–H and O–H groups in total. The standard InChI is InChI=1S/C22H22ClF2N3O2/c1-14-22(27-21(26)28(14)2,16-8-4-6-15(12-16)7-5-11-29-3)17-9-10-19(18(23)13-17)30-20(24)25/h4-10,12-13,20H,1,11H2,2-3H3,(H2,26,27)/b7-5+. The summed E-state index contributed by atoms with van der Waals surface area (Å²) in [6.45, 7) is 1.71. The molecular formula is C22H22ClF2N3O2. The highest BCUT2D eigenvalue weighted by Crippen LogP contribution is 2.46. The van der Waals surface area contributed by atoms with Crippen LogP contribution in [-0.2, 0) is 10.3 Å². The predicted molar refractivity (Wildman–Crippen MR) is 115 cm³/mol. The maximum Gasteiger partial charge on any atom is 0.387 e. The van der Waals surface area contributed by atoms with E-state index in [0.29, 0.717) is 17.9 Å². The van der Waals surface area contributed by atoms with Crippen LogP contribution in [0.2, 0.25) is 5.02 Å². The molecule has 2 aromatic carbocycles. The summed E-state index contributed by atoms with van der Waals surface area (Å²) >= 11 is 6.23. The Bertz CT molecular complexity index is 1010. The highest BCUT2D eigenvalue weighted by atomic mass is 35.5. The van der Waals surface area contributed by atoms with Crippen LogP contribution in [0.25, 0.3) is 6.08 Å². The Morgan fingerprint density at radius 2 is 2.00 bits per heavy atom. The highest BCUT2D eigenvalue weighted by Gasteiger charge is 2.45. The molecule has 0 spiro atoms. The van der Waals surface area contributed by atoms with E-state index in [9.17, 15) is 8.78 Å². The van der Waals surface area contributed by atoms with Gasteiger partial charge in [-0.2, -0.15) is 8.78 Å². The zero-order valence-electron chi connectivity index (χ0n) is 16.6. The summed E-state index contributed by atoms with van der Waals surface area (Å²) in [5, 5.41) is 0.0412. The topological polar surface area (TPSA) is 60.1 Å². The van der Waals surface area contributed by atoms with Crippen LogP contribution in [0.1, 0.15) is 16.7 Å². The van der Waals surface area contributed by atoms with Crippen LogP contribution < -0.4 is 10.5 Å². The van der Waals surface area contributed by atoms with E-state index in [1.165, 1.54) is 6.07 Å². The van der Waals surface area contributed by atoms with E-state index in [1.807, 2.05) is 36.4 Å². The van der Waals surface area contributed by atoms with Crippen LogP contribution in [0.5, 0.6) is 5.75 Å². The van der Waals surface area contributed by atoms with E-state index in [2.05, 4.69) is 11.3 Å². The van der Waals surface area contributed by atoms with Gasteiger partial charge in [-0.05, 0) is 34.9 Å². The number of ether oxygens (including phenoxy) is 2. The minimum atomic E-state index is -2.97. The van der Waals surface area contributed by atoms with Crippen molar-refractivity contribution in [3.63, 3.8) is 0 Å². The number of nitrogens with two attached hydrogens (primary N) is 1. The second-order valence-corrected chi connectivity index (χ2v) is 7.10. The summed E-state index contributed by atoms with van der Waals surface area (Å²) in [6, 6.07) is 12.3. The molecule has 0 bridgehead atoms. The molecular weight excluding hydrogens is 412 g/mol. The zero-order valence-corrected chi connectivity index (χ0v) is 17.4. The molecule has 3 rings (SSSR count). The maximum absolute atomic E-state index is 12.6. The number of rotatable bonds is 7. The molecule has 0 saturated heterocycles. The number of alkyl halides is 2. The number of hydrogen-bond donors (Lipinski definition) is 1. The minimum absolute atomic E-state index is 0.0412. The van der Waals surface area contributed by atoms with Crippen molar-refractivity contribution in [2.75, 3.05) is 20.8 Å². The fourth-order valence-electron chi connectivity index (χ4n) is 3.39. The number of hydrogen-bond acceptors (Lipinski definition) is 5. The largest absolute Gasteiger partial charge is 0.433 e. The van der Waals surface area contributed by atoms with Crippen LogP contribution in [0.15, 0.2) is 65.8 Å². The normalized spacial score (nSPS) is 19.1. The Balaban J connectivity index is 2.15. The summed E-state index contributed by atoms with van der Waals surface area (Å²) in [5.41, 5.74) is 8.03. The Labute approximate surface area is 179 Å². The lowest BCUT2D eigenvalue weighted by Gasteiger charge is -2.30. The van der Waals surface area contributed by atoms with E-state index in [4.69, 9.17) is 27.1 Å². The lowest BCUT2D eigenvalue weighted by atomic mass is 9.80. The molecule has 1 aliphatic heterocycles. The minimum Gasteiger partial charge on any atom is -0.433 e. The zero-order chi connectivity index (χ0) is 21.9. The fourth-order valence-corrected chi connectivity index (χ4v) is 3.61. The summed E-state index contributed by atoms with van der Waals surface area (Å²) in [7, 11) is 3.39. The number of methoxy groups -OCH3 is 1. The van der Waals surface area contributed by atoms with Crippen molar-refractivity contribution < 1.29 is 18.3 Å². The quantitative estimate of drug-likeness (QED) is 0.692. The average molecular weight is 434 g/mol. The number of nitrogens with zero attached hydrogens (tertiary/aromatic N) is 2. The number of likely N-dealkylation sites (N-methyl/N-ethyl adjacent to an activating group) is 1. The van der Waals surface area contributed by atoms with Gasteiger partial charge < -0.3 is 20.1 Å². The number of benzene rings is 2. The maximum atomic E-state index is 12.6. The first-order valence-electron chi connectivity index (χ1n) is 9.09. The third kappa shape index (κ3) is 4.04. The molecule has 2 aromatic rings. The number of guanidine groups is 1. The Hall–Kier alpha value is -2.90. The number of halogens is 3. The smallest absolute Gasteiger partial charge is 0.387 e. The predicted octanol–water partition coefficient (Wildman–Crippen LogP) is 4.62. The molecule has 0 radical (unpaired) electrons. The first-order chi connectivity index (χ1) is 14.3. The third-order valence-corrected chi connectivity index (χ3v) is 5.19. The van der Waals surface area contributed by atoms with Crippen LogP contribution in [-0.4, -0.2) is 38.2 Å². The fraction of sp³-hybridized carbons (Fsp3) is 0.227. The van der Waals surface area contributed by atoms with Gasteiger partial charge in [-0.1, -0.05) is 54.6 Å². The van der Waals surface area contributed by atoms with E-state index < -0.39 is 12.2 Å². The SMILES string of the molecule is C=C1N(C)C(N)=NC1(c1cccc(/C=C/COC)c1)c1ccc(OC(F)F)c(Cl)c1. The second-order valence-electron chi connectivity index (χ2n) is 6.69. The summed E-state index contributed by atoms with van der Waals surface area (Å²) in [4.78, 5) is 6.40. The van der Waals surface area contributed by atoms with Gasteiger partial charge in [0.1, 0.15) is 5.75 Å².